The van der Waals surface area contributed by atoms with E-state index in [1.165, 1.54) is 12.1 Å². The number of hydrogen-bond donors (Lipinski definition) is 0. The quantitative estimate of drug-likeness (QED) is 0.712. The molecule has 1 aromatic rings. The van der Waals surface area contributed by atoms with E-state index < -0.39 is 5.82 Å². The van der Waals surface area contributed by atoms with Gasteiger partial charge in [0.2, 0.25) is 0 Å². The first-order valence-corrected chi connectivity index (χ1v) is 4.47. The maximum atomic E-state index is 13.1. The van der Waals surface area contributed by atoms with E-state index in [1.54, 1.807) is 7.11 Å². The minimum Gasteiger partial charge on any atom is -0.496 e. The van der Waals surface area contributed by atoms with Crippen LogP contribution >= 0.6 is 11.6 Å². The Bertz CT molecular complexity index is 310. The fourth-order valence-electron chi connectivity index (χ4n) is 1.17. The van der Waals surface area contributed by atoms with Crippen LogP contribution < -0.4 is 4.74 Å². The van der Waals surface area contributed by atoms with E-state index in [-0.39, 0.29) is 10.9 Å². The Kier molecular flexibility index (Phi) is 3.15. The van der Waals surface area contributed by atoms with Crippen LogP contribution in [-0.4, -0.2) is 7.11 Å². The standard InChI is InChI=1S/C10H12ClFO/c1-6(2)7-4-9(12)8(11)5-10(7)13-3/h4-6H,1-3H3. The van der Waals surface area contributed by atoms with Crippen molar-refractivity contribution < 1.29 is 9.13 Å². The summed E-state index contributed by atoms with van der Waals surface area (Å²) in [5.74, 6) is 0.467. The molecule has 0 bridgehead atoms. The van der Waals surface area contributed by atoms with E-state index in [2.05, 4.69) is 0 Å². The number of methoxy groups -OCH3 is 1. The largest absolute Gasteiger partial charge is 0.496 e. The van der Waals surface area contributed by atoms with Gasteiger partial charge in [0.15, 0.2) is 0 Å². The van der Waals surface area contributed by atoms with Crippen molar-refractivity contribution in [2.75, 3.05) is 7.11 Å². The van der Waals surface area contributed by atoms with Crippen molar-refractivity contribution in [3.63, 3.8) is 0 Å². The highest BCUT2D eigenvalue weighted by Crippen LogP contribution is 2.31. The van der Waals surface area contributed by atoms with E-state index >= 15 is 0 Å². The molecule has 0 N–H and O–H groups in total. The number of hydrogen-bond acceptors (Lipinski definition) is 1. The molecule has 1 rings (SSSR count). The van der Waals surface area contributed by atoms with Crippen molar-refractivity contribution in [2.45, 2.75) is 19.8 Å². The van der Waals surface area contributed by atoms with E-state index in [1.807, 2.05) is 13.8 Å². The topological polar surface area (TPSA) is 9.23 Å². The molecule has 1 aromatic carbocycles. The summed E-state index contributed by atoms with van der Waals surface area (Å²) in [7, 11) is 1.55. The van der Waals surface area contributed by atoms with Crippen molar-refractivity contribution in [2.24, 2.45) is 0 Å². The summed E-state index contributed by atoms with van der Waals surface area (Å²) >= 11 is 5.61. The minimum atomic E-state index is -0.397. The molecular weight excluding hydrogens is 191 g/mol. The van der Waals surface area contributed by atoms with Gasteiger partial charge in [0.1, 0.15) is 11.6 Å². The highest BCUT2D eigenvalue weighted by Gasteiger charge is 2.11. The molecule has 0 unspecified atom stereocenters. The van der Waals surface area contributed by atoms with Gasteiger partial charge in [-0.05, 0) is 17.5 Å². The Morgan fingerprint density at radius 3 is 2.46 bits per heavy atom. The molecule has 0 amide bonds. The highest BCUT2D eigenvalue weighted by atomic mass is 35.5. The first-order valence-electron chi connectivity index (χ1n) is 4.09. The molecule has 0 spiro atoms. The van der Waals surface area contributed by atoms with Crippen molar-refractivity contribution in [1.29, 1.82) is 0 Å². The molecular formula is C10H12ClFO. The molecule has 0 aliphatic rings. The Balaban J connectivity index is 3.25. The van der Waals surface area contributed by atoms with Gasteiger partial charge in [-0.1, -0.05) is 25.4 Å². The van der Waals surface area contributed by atoms with Crippen molar-refractivity contribution in [3.8, 4) is 5.75 Å². The average Bonchev–Trinajstić information content (AvgIpc) is 2.08. The third kappa shape index (κ3) is 2.13. The van der Waals surface area contributed by atoms with Crippen LogP contribution in [0.2, 0.25) is 5.02 Å². The second-order valence-electron chi connectivity index (χ2n) is 3.16. The molecule has 0 saturated heterocycles. The summed E-state index contributed by atoms with van der Waals surface area (Å²) in [6.45, 7) is 3.95. The Hall–Kier alpha value is -0.760. The monoisotopic (exact) mass is 202 g/mol. The van der Waals surface area contributed by atoms with Gasteiger partial charge in [0, 0.05) is 6.07 Å². The Morgan fingerprint density at radius 1 is 1.38 bits per heavy atom. The van der Waals surface area contributed by atoms with Crippen molar-refractivity contribution in [1.82, 2.24) is 0 Å². The van der Waals surface area contributed by atoms with Crippen LogP contribution in [0, 0.1) is 5.82 Å². The molecule has 1 nitrogen and oxygen atoms in total. The molecule has 0 fully saturated rings. The first kappa shape index (κ1) is 10.3. The summed E-state index contributed by atoms with van der Waals surface area (Å²) in [6, 6.07) is 2.93. The van der Waals surface area contributed by atoms with E-state index in [4.69, 9.17) is 16.3 Å². The van der Waals surface area contributed by atoms with Crippen LogP contribution in [0.25, 0.3) is 0 Å². The van der Waals surface area contributed by atoms with E-state index in [0.29, 0.717) is 5.75 Å². The molecule has 0 aliphatic carbocycles. The molecule has 0 radical (unpaired) electrons. The lowest BCUT2D eigenvalue weighted by molar-refractivity contribution is 0.406. The van der Waals surface area contributed by atoms with Gasteiger partial charge in [0.25, 0.3) is 0 Å². The zero-order valence-electron chi connectivity index (χ0n) is 7.90. The predicted molar refractivity (Wildman–Crippen MR) is 52.1 cm³/mol. The van der Waals surface area contributed by atoms with E-state index in [0.717, 1.165) is 5.56 Å². The summed E-state index contributed by atoms with van der Waals surface area (Å²) in [5.41, 5.74) is 0.837. The van der Waals surface area contributed by atoms with Crippen LogP contribution in [0.1, 0.15) is 25.3 Å². The lowest BCUT2D eigenvalue weighted by Gasteiger charge is -2.12. The molecule has 3 heteroatoms. The SMILES string of the molecule is COc1cc(Cl)c(F)cc1C(C)C. The van der Waals surface area contributed by atoms with Gasteiger partial charge >= 0.3 is 0 Å². The number of halogens is 2. The van der Waals surface area contributed by atoms with Crippen LogP contribution in [-0.2, 0) is 0 Å². The fourth-order valence-corrected chi connectivity index (χ4v) is 1.33. The highest BCUT2D eigenvalue weighted by molar-refractivity contribution is 6.30. The first-order chi connectivity index (χ1) is 6.06. The lowest BCUT2D eigenvalue weighted by atomic mass is 10.0. The Labute approximate surface area is 82.5 Å². The zero-order chi connectivity index (χ0) is 10.0. The van der Waals surface area contributed by atoms with E-state index in [9.17, 15) is 4.39 Å². The number of ether oxygens (including phenoxy) is 1. The molecule has 0 aliphatic heterocycles. The number of benzene rings is 1. The van der Waals surface area contributed by atoms with Crippen LogP contribution in [0.5, 0.6) is 5.75 Å². The predicted octanol–water partition coefficient (Wildman–Crippen LogP) is 3.61. The van der Waals surface area contributed by atoms with Gasteiger partial charge in [-0.15, -0.1) is 0 Å². The summed E-state index contributed by atoms with van der Waals surface area (Å²) < 4.78 is 18.2. The molecule has 0 heterocycles. The Morgan fingerprint density at radius 2 is 2.00 bits per heavy atom. The third-order valence-corrected chi connectivity index (χ3v) is 2.18. The van der Waals surface area contributed by atoms with Gasteiger partial charge < -0.3 is 4.74 Å². The van der Waals surface area contributed by atoms with Gasteiger partial charge in [-0.2, -0.15) is 0 Å². The lowest BCUT2D eigenvalue weighted by Crippen LogP contribution is -1.95. The molecule has 13 heavy (non-hydrogen) atoms. The van der Waals surface area contributed by atoms with Gasteiger partial charge in [-0.25, -0.2) is 4.39 Å². The van der Waals surface area contributed by atoms with Gasteiger partial charge in [-0.3, -0.25) is 0 Å². The van der Waals surface area contributed by atoms with Crippen molar-refractivity contribution >= 4 is 11.6 Å². The molecule has 0 aromatic heterocycles. The fraction of sp³-hybridized carbons (Fsp3) is 0.400. The maximum absolute atomic E-state index is 13.1. The van der Waals surface area contributed by atoms with Crippen LogP contribution in [0.4, 0.5) is 4.39 Å². The zero-order valence-corrected chi connectivity index (χ0v) is 8.65. The normalized spacial score (nSPS) is 10.6. The van der Waals surface area contributed by atoms with Crippen LogP contribution in [0.15, 0.2) is 12.1 Å². The third-order valence-electron chi connectivity index (χ3n) is 1.89. The summed E-state index contributed by atoms with van der Waals surface area (Å²) in [4.78, 5) is 0. The molecule has 0 saturated carbocycles. The smallest absolute Gasteiger partial charge is 0.142 e. The molecule has 0 atom stereocenters. The maximum Gasteiger partial charge on any atom is 0.142 e. The minimum absolute atomic E-state index is 0.0984. The number of rotatable bonds is 2. The van der Waals surface area contributed by atoms with Crippen LogP contribution in [0.3, 0.4) is 0 Å². The average molecular weight is 203 g/mol. The summed E-state index contributed by atoms with van der Waals surface area (Å²) in [6.07, 6.45) is 0. The second-order valence-corrected chi connectivity index (χ2v) is 3.57. The molecule has 72 valence electrons. The van der Waals surface area contributed by atoms with Crippen molar-refractivity contribution in [3.05, 3.63) is 28.5 Å². The summed E-state index contributed by atoms with van der Waals surface area (Å²) in [5, 5.41) is 0.0984. The second kappa shape index (κ2) is 3.97. The van der Waals surface area contributed by atoms with Gasteiger partial charge in [0.05, 0.1) is 12.1 Å².